The molecule has 0 heterocycles. The van der Waals surface area contributed by atoms with Crippen molar-refractivity contribution in [2.24, 2.45) is 0 Å². The lowest BCUT2D eigenvalue weighted by atomic mass is 10.1. The second-order valence-electron chi connectivity index (χ2n) is 4.04. The zero-order chi connectivity index (χ0) is 13.8. The lowest BCUT2D eigenvalue weighted by Gasteiger charge is -2.23. The normalized spacial score (nSPS) is 11.7. The maximum atomic E-state index is 12.9. The summed E-state index contributed by atoms with van der Waals surface area (Å²) in [4.78, 5) is 1.63. The van der Waals surface area contributed by atoms with Gasteiger partial charge < -0.3 is 10.2 Å². The van der Waals surface area contributed by atoms with Crippen LogP contribution in [0.3, 0.4) is 0 Å². The summed E-state index contributed by atoms with van der Waals surface area (Å²) in [7, 11) is 3.49. The van der Waals surface area contributed by atoms with Gasteiger partial charge in [-0.05, 0) is 38.2 Å². The molecule has 1 aromatic rings. The van der Waals surface area contributed by atoms with E-state index < -0.39 is 11.7 Å². The van der Waals surface area contributed by atoms with E-state index in [2.05, 4.69) is 21.2 Å². The van der Waals surface area contributed by atoms with Crippen LogP contribution in [0.2, 0.25) is 0 Å². The summed E-state index contributed by atoms with van der Waals surface area (Å²) < 4.78 is 39.2. The molecule has 18 heavy (non-hydrogen) atoms. The molecule has 0 unspecified atom stereocenters. The highest BCUT2D eigenvalue weighted by Gasteiger charge is 2.34. The first kappa shape index (κ1) is 15.3. The fourth-order valence-electron chi connectivity index (χ4n) is 1.68. The van der Waals surface area contributed by atoms with Gasteiger partial charge in [0.25, 0.3) is 0 Å². The molecule has 0 aliphatic heterocycles. The summed E-state index contributed by atoms with van der Waals surface area (Å²) in [5, 5.41) is 2.97. The Labute approximate surface area is 113 Å². The second-order valence-corrected chi connectivity index (χ2v) is 4.95. The Morgan fingerprint density at radius 1 is 1.33 bits per heavy atom. The molecule has 0 radical (unpaired) electrons. The van der Waals surface area contributed by atoms with E-state index in [1.807, 2.05) is 7.05 Å². The van der Waals surface area contributed by atoms with Gasteiger partial charge in [-0.25, -0.2) is 0 Å². The number of nitrogens with one attached hydrogen (secondary N) is 1. The number of halogens is 4. The third-order valence-corrected chi connectivity index (χ3v) is 3.09. The van der Waals surface area contributed by atoms with Gasteiger partial charge in [-0.2, -0.15) is 13.2 Å². The minimum absolute atomic E-state index is 0.210. The Hall–Kier alpha value is -0.750. The van der Waals surface area contributed by atoms with Crippen molar-refractivity contribution in [2.75, 3.05) is 32.1 Å². The van der Waals surface area contributed by atoms with Crippen LogP contribution in [0.15, 0.2) is 22.7 Å². The minimum Gasteiger partial charge on any atom is -0.374 e. The molecular weight excluding hydrogens is 309 g/mol. The maximum Gasteiger partial charge on any atom is 0.418 e. The van der Waals surface area contributed by atoms with Crippen molar-refractivity contribution >= 4 is 21.6 Å². The fourth-order valence-corrected chi connectivity index (χ4v) is 2.04. The van der Waals surface area contributed by atoms with E-state index in [4.69, 9.17) is 0 Å². The van der Waals surface area contributed by atoms with E-state index in [9.17, 15) is 13.2 Å². The van der Waals surface area contributed by atoms with E-state index >= 15 is 0 Å². The average Bonchev–Trinajstić information content (AvgIpc) is 2.28. The van der Waals surface area contributed by atoms with Crippen LogP contribution in [-0.4, -0.2) is 27.2 Å². The molecule has 0 aromatic heterocycles. The summed E-state index contributed by atoms with van der Waals surface area (Å²) in [5.41, 5.74) is -0.398. The zero-order valence-corrected chi connectivity index (χ0v) is 11.9. The third-order valence-electron chi connectivity index (χ3n) is 2.60. The van der Waals surface area contributed by atoms with Crippen LogP contribution < -0.4 is 10.2 Å². The van der Waals surface area contributed by atoms with Crippen LogP contribution in [-0.2, 0) is 6.18 Å². The van der Waals surface area contributed by atoms with E-state index in [0.29, 0.717) is 11.0 Å². The molecule has 0 bridgehead atoms. The SMILES string of the molecule is CNCCCN(C)c1ccc(Br)cc1C(F)(F)F. The van der Waals surface area contributed by atoms with Crippen molar-refractivity contribution in [3.8, 4) is 0 Å². The van der Waals surface area contributed by atoms with Gasteiger partial charge in [0, 0.05) is 23.8 Å². The minimum atomic E-state index is -4.34. The lowest BCUT2D eigenvalue weighted by Crippen LogP contribution is -2.24. The van der Waals surface area contributed by atoms with Gasteiger partial charge in [0.15, 0.2) is 0 Å². The van der Waals surface area contributed by atoms with Crippen LogP contribution >= 0.6 is 15.9 Å². The number of rotatable bonds is 5. The highest BCUT2D eigenvalue weighted by Crippen LogP contribution is 2.37. The van der Waals surface area contributed by atoms with Crippen molar-refractivity contribution in [3.63, 3.8) is 0 Å². The molecule has 102 valence electrons. The van der Waals surface area contributed by atoms with Crippen molar-refractivity contribution in [2.45, 2.75) is 12.6 Å². The maximum absolute atomic E-state index is 12.9. The Bertz CT molecular complexity index is 393. The first-order valence-electron chi connectivity index (χ1n) is 5.58. The lowest BCUT2D eigenvalue weighted by molar-refractivity contribution is -0.137. The summed E-state index contributed by atoms with van der Waals surface area (Å²) in [6.07, 6.45) is -3.54. The molecule has 0 saturated carbocycles. The molecule has 0 aliphatic carbocycles. The molecule has 0 saturated heterocycles. The number of anilines is 1. The molecule has 0 amide bonds. The molecule has 6 heteroatoms. The molecule has 0 fully saturated rings. The quantitative estimate of drug-likeness (QED) is 0.834. The zero-order valence-electron chi connectivity index (χ0n) is 10.3. The topological polar surface area (TPSA) is 15.3 Å². The largest absolute Gasteiger partial charge is 0.418 e. The highest BCUT2D eigenvalue weighted by atomic mass is 79.9. The van der Waals surface area contributed by atoms with Crippen molar-refractivity contribution in [1.82, 2.24) is 5.32 Å². The van der Waals surface area contributed by atoms with Gasteiger partial charge in [0.05, 0.1) is 5.56 Å². The number of benzene rings is 1. The molecule has 1 N–H and O–H groups in total. The average molecular weight is 325 g/mol. The van der Waals surface area contributed by atoms with Gasteiger partial charge in [-0.15, -0.1) is 0 Å². The molecule has 1 aromatic carbocycles. The number of hydrogen-bond donors (Lipinski definition) is 1. The van der Waals surface area contributed by atoms with E-state index in [-0.39, 0.29) is 5.69 Å². The molecule has 1 rings (SSSR count). The monoisotopic (exact) mass is 324 g/mol. The summed E-state index contributed by atoms with van der Waals surface area (Å²) in [6, 6.07) is 4.23. The van der Waals surface area contributed by atoms with Crippen LogP contribution in [0.25, 0.3) is 0 Å². The Morgan fingerprint density at radius 2 is 2.00 bits per heavy atom. The van der Waals surface area contributed by atoms with Crippen LogP contribution in [0.1, 0.15) is 12.0 Å². The number of hydrogen-bond acceptors (Lipinski definition) is 2. The van der Waals surface area contributed by atoms with Gasteiger partial charge in [-0.1, -0.05) is 15.9 Å². The summed E-state index contributed by atoms with van der Waals surface area (Å²) >= 11 is 3.07. The Balaban J connectivity index is 2.93. The fraction of sp³-hybridized carbons (Fsp3) is 0.500. The van der Waals surface area contributed by atoms with Gasteiger partial charge in [-0.3, -0.25) is 0 Å². The van der Waals surface area contributed by atoms with E-state index in [1.54, 1.807) is 18.0 Å². The first-order valence-corrected chi connectivity index (χ1v) is 6.38. The molecule has 2 nitrogen and oxygen atoms in total. The van der Waals surface area contributed by atoms with Gasteiger partial charge in [0.1, 0.15) is 0 Å². The van der Waals surface area contributed by atoms with E-state index in [0.717, 1.165) is 19.0 Å². The number of alkyl halides is 3. The Morgan fingerprint density at radius 3 is 2.56 bits per heavy atom. The first-order chi connectivity index (χ1) is 8.36. The molecular formula is C12H16BrF3N2. The standard InChI is InChI=1S/C12H16BrF3N2/c1-17-6-3-7-18(2)11-5-4-9(13)8-10(11)12(14,15)16/h4-5,8,17H,3,6-7H2,1-2H3. The van der Waals surface area contributed by atoms with Gasteiger partial charge >= 0.3 is 6.18 Å². The van der Waals surface area contributed by atoms with Crippen LogP contribution in [0.5, 0.6) is 0 Å². The van der Waals surface area contributed by atoms with Crippen molar-refractivity contribution < 1.29 is 13.2 Å². The smallest absolute Gasteiger partial charge is 0.374 e. The Kier molecular flexibility index (Phi) is 5.47. The predicted octanol–water partition coefficient (Wildman–Crippen LogP) is 3.51. The number of nitrogens with zero attached hydrogens (tertiary/aromatic N) is 1. The summed E-state index contributed by atoms with van der Waals surface area (Å²) in [6.45, 7) is 1.35. The third kappa shape index (κ3) is 4.17. The van der Waals surface area contributed by atoms with Crippen LogP contribution in [0, 0.1) is 0 Å². The summed E-state index contributed by atoms with van der Waals surface area (Å²) in [5.74, 6) is 0. The van der Waals surface area contributed by atoms with Crippen molar-refractivity contribution in [3.05, 3.63) is 28.2 Å². The molecule has 0 atom stereocenters. The van der Waals surface area contributed by atoms with Crippen molar-refractivity contribution in [1.29, 1.82) is 0 Å². The van der Waals surface area contributed by atoms with E-state index in [1.165, 1.54) is 6.07 Å². The second kappa shape index (κ2) is 6.43. The highest BCUT2D eigenvalue weighted by molar-refractivity contribution is 9.10. The molecule has 0 spiro atoms. The predicted molar refractivity (Wildman–Crippen MR) is 71.0 cm³/mol. The van der Waals surface area contributed by atoms with Gasteiger partial charge in [0.2, 0.25) is 0 Å². The van der Waals surface area contributed by atoms with Crippen LogP contribution in [0.4, 0.5) is 18.9 Å². The molecule has 0 aliphatic rings.